The lowest BCUT2D eigenvalue weighted by atomic mass is 10.0. The summed E-state index contributed by atoms with van der Waals surface area (Å²) in [6.07, 6.45) is 7.71. The van der Waals surface area contributed by atoms with Crippen LogP contribution in [0.25, 0.3) is 0 Å². The first-order valence-corrected chi connectivity index (χ1v) is 7.78. The fraction of sp³-hybridized carbons (Fsp3) is 0.600. The molecule has 0 aliphatic heterocycles. The van der Waals surface area contributed by atoms with Crippen LogP contribution in [0.1, 0.15) is 56.4 Å². The van der Waals surface area contributed by atoms with Crippen molar-refractivity contribution in [2.24, 2.45) is 5.92 Å². The highest BCUT2D eigenvalue weighted by Crippen LogP contribution is 2.09. The third-order valence-corrected chi connectivity index (χ3v) is 3.42. The maximum atomic E-state index is 11.7. The van der Waals surface area contributed by atoms with Gasteiger partial charge in [-0.2, -0.15) is 0 Å². The Bertz CT molecular complexity index is 376. The minimum atomic E-state index is -0.0883. The van der Waals surface area contributed by atoms with Crippen LogP contribution in [0, 0.1) is 5.92 Å². The van der Waals surface area contributed by atoms with Crippen LogP contribution in [0.3, 0.4) is 0 Å². The number of halogens is 1. The minimum Gasteiger partial charge on any atom is -0.351 e. The highest BCUT2D eigenvalue weighted by molar-refractivity contribution is 9.10. The first-order valence-electron chi connectivity index (χ1n) is 6.99. The number of hydrogen-bond acceptors (Lipinski definition) is 2. The summed E-state index contributed by atoms with van der Waals surface area (Å²) in [5, 5.41) is 2.90. The van der Waals surface area contributed by atoms with E-state index >= 15 is 0 Å². The Morgan fingerprint density at radius 1 is 1.26 bits per heavy atom. The summed E-state index contributed by atoms with van der Waals surface area (Å²) in [5.41, 5.74) is 0.475. The number of nitrogens with one attached hydrogen (secondary N) is 1. The second-order valence-corrected chi connectivity index (χ2v) is 6.13. The number of hydrogen-bond donors (Lipinski definition) is 1. The smallest absolute Gasteiger partial charge is 0.269 e. The Labute approximate surface area is 124 Å². The second-order valence-electron chi connectivity index (χ2n) is 5.21. The Balaban J connectivity index is 2.09. The number of aromatic nitrogens is 1. The molecule has 1 amide bonds. The van der Waals surface area contributed by atoms with Gasteiger partial charge in [0.2, 0.25) is 0 Å². The fourth-order valence-electron chi connectivity index (χ4n) is 1.83. The lowest BCUT2D eigenvalue weighted by Gasteiger charge is -2.06. The van der Waals surface area contributed by atoms with Gasteiger partial charge in [0.25, 0.3) is 5.91 Å². The molecule has 106 valence electrons. The molecule has 0 radical (unpaired) electrons. The van der Waals surface area contributed by atoms with Crippen LogP contribution in [-0.2, 0) is 0 Å². The van der Waals surface area contributed by atoms with E-state index in [1.807, 2.05) is 6.07 Å². The predicted octanol–water partition coefficient (Wildman–Crippen LogP) is 4.18. The van der Waals surface area contributed by atoms with Gasteiger partial charge in [0, 0.05) is 17.2 Å². The lowest BCUT2D eigenvalue weighted by molar-refractivity contribution is 0.0948. The molecule has 0 aliphatic rings. The SMILES string of the molecule is CC(C)CCCCCCNC(=O)c1ccc(Br)cn1. The van der Waals surface area contributed by atoms with Crippen molar-refractivity contribution in [3.63, 3.8) is 0 Å². The van der Waals surface area contributed by atoms with Gasteiger partial charge in [-0.05, 0) is 40.4 Å². The van der Waals surface area contributed by atoms with Crippen molar-refractivity contribution in [1.29, 1.82) is 0 Å². The molecule has 0 atom stereocenters. The highest BCUT2D eigenvalue weighted by Gasteiger charge is 2.05. The third-order valence-electron chi connectivity index (χ3n) is 2.95. The van der Waals surface area contributed by atoms with Crippen LogP contribution in [-0.4, -0.2) is 17.4 Å². The van der Waals surface area contributed by atoms with Crippen LogP contribution in [0.4, 0.5) is 0 Å². The molecule has 3 nitrogen and oxygen atoms in total. The maximum absolute atomic E-state index is 11.7. The van der Waals surface area contributed by atoms with E-state index in [0.29, 0.717) is 5.69 Å². The van der Waals surface area contributed by atoms with E-state index < -0.39 is 0 Å². The average molecular weight is 327 g/mol. The molecule has 4 heteroatoms. The van der Waals surface area contributed by atoms with Crippen molar-refractivity contribution in [2.75, 3.05) is 6.54 Å². The summed E-state index contributed by atoms with van der Waals surface area (Å²) in [4.78, 5) is 15.8. The van der Waals surface area contributed by atoms with Gasteiger partial charge < -0.3 is 5.32 Å². The molecule has 1 aromatic heterocycles. The van der Waals surface area contributed by atoms with E-state index in [1.165, 1.54) is 25.7 Å². The Morgan fingerprint density at radius 3 is 2.63 bits per heavy atom. The van der Waals surface area contributed by atoms with E-state index in [0.717, 1.165) is 23.4 Å². The van der Waals surface area contributed by atoms with E-state index in [4.69, 9.17) is 0 Å². The summed E-state index contributed by atoms with van der Waals surface area (Å²) in [7, 11) is 0. The Hall–Kier alpha value is -0.900. The molecular formula is C15H23BrN2O. The van der Waals surface area contributed by atoms with Gasteiger partial charge in [0.15, 0.2) is 0 Å². The van der Waals surface area contributed by atoms with Crippen LogP contribution in [0.5, 0.6) is 0 Å². The number of nitrogens with zero attached hydrogens (tertiary/aromatic N) is 1. The van der Waals surface area contributed by atoms with Crippen LogP contribution >= 0.6 is 15.9 Å². The number of carbonyl (C=O) groups is 1. The molecule has 19 heavy (non-hydrogen) atoms. The summed E-state index contributed by atoms with van der Waals surface area (Å²) in [6.45, 7) is 5.25. The standard InChI is InChI=1S/C15H23BrN2O/c1-12(2)7-5-3-4-6-10-17-15(19)14-9-8-13(16)11-18-14/h8-9,11-12H,3-7,10H2,1-2H3,(H,17,19). The van der Waals surface area contributed by atoms with Gasteiger partial charge in [0.1, 0.15) is 5.69 Å². The van der Waals surface area contributed by atoms with Crippen molar-refractivity contribution >= 4 is 21.8 Å². The Kier molecular flexibility index (Phi) is 7.72. The number of unbranched alkanes of at least 4 members (excludes halogenated alkanes) is 3. The van der Waals surface area contributed by atoms with Crippen molar-refractivity contribution in [2.45, 2.75) is 46.0 Å². The van der Waals surface area contributed by atoms with Crippen LogP contribution < -0.4 is 5.32 Å². The molecule has 1 N–H and O–H groups in total. The van der Waals surface area contributed by atoms with Gasteiger partial charge in [-0.3, -0.25) is 4.79 Å². The maximum Gasteiger partial charge on any atom is 0.269 e. The van der Waals surface area contributed by atoms with Crippen molar-refractivity contribution in [3.05, 3.63) is 28.5 Å². The van der Waals surface area contributed by atoms with Gasteiger partial charge in [-0.1, -0.05) is 39.5 Å². The zero-order valence-electron chi connectivity index (χ0n) is 11.8. The summed E-state index contributed by atoms with van der Waals surface area (Å²) >= 11 is 3.30. The first-order chi connectivity index (χ1) is 9.09. The molecule has 0 saturated carbocycles. The van der Waals surface area contributed by atoms with Gasteiger partial charge in [-0.25, -0.2) is 4.98 Å². The molecule has 1 heterocycles. The number of pyridine rings is 1. The topological polar surface area (TPSA) is 42.0 Å². The van der Waals surface area contributed by atoms with E-state index in [2.05, 4.69) is 40.1 Å². The number of carbonyl (C=O) groups excluding carboxylic acids is 1. The molecule has 0 bridgehead atoms. The van der Waals surface area contributed by atoms with Crippen molar-refractivity contribution < 1.29 is 4.79 Å². The predicted molar refractivity (Wildman–Crippen MR) is 82.2 cm³/mol. The fourth-order valence-corrected chi connectivity index (χ4v) is 2.07. The molecule has 0 aromatic carbocycles. The number of amides is 1. The molecule has 0 spiro atoms. The molecule has 0 fully saturated rings. The summed E-state index contributed by atoms with van der Waals surface area (Å²) < 4.78 is 0.884. The molecular weight excluding hydrogens is 304 g/mol. The summed E-state index contributed by atoms with van der Waals surface area (Å²) in [6, 6.07) is 3.55. The van der Waals surface area contributed by atoms with Crippen LogP contribution in [0.15, 0.2) is 22.8 Å². The second kappa shape index (κ2) is 9.08. The van der Waals surface area contributed by atoms with E-state index in [9.17, 15) is 4.79 Å². The van der Waals surface area contributed by atoms with Gasteiger partial charge in [-0.15, -0.1) is 0 Å². The molecule has 0 aliphatic carbocycles. The average Bonchev–Trinajstić information content (AvgIpc) is 2.38. The summed E-state index contributed by atoms with van der Waals surface area (Å²) in [5.74, 6) is 0.706. The Morgan fingerprint density at radius 2 is 2.00 bits per heavy atom. The normalized spacial score (nSPS) is 10.7. The largest absolute Gasteiger partial charge is 0.351 e. The monoisotopic (exact) mass is 326 g/mol. The molecule has 0 saturated heterocycles. The quantitative estimate of drug-likeness (QED) is 0.728. The van der Waals surface area contributed by atoms with Gasteiger partial charge >= 0.3 is 0 Å². The molecule has 0 unspecified atom stereocenters. The minimum absolute atomic E-state index is 0.0883. The van der Waals surface area contributed by atoms with Gasteiger partial charge in [0.05, 0.1) is 0 Å². The molecule has 1 rings (SSSR count). The zero-order chi connectivity index (χ0) is 14.1. The van der Waals surface area contributed by atoms with Crippen molar-refractivity contribution in [1.82, 2.24) is 10.3 Å². The zero-order valence-corrected chi connectivity index (χ0v) is 13.4. The number of rotatable bonds is 8. The van der Waals surface area contributed by atoms with Crippen molar-refractivity contribution in [3.8, 4) is 0 Å². The van der Waals surface area contributed by atoms with E-state index in [1.54, 1.807) is 12.3 Å². The van der Waals surface area contributed by atoms with E-state index in [-0.39, 0.29) is 5.91 Å². The highest BCUT2D eigenvalue weighted by atomic mass is 79.9. The van der Waals surface area contributed by atoms with Crippen LogP contribution in [0.2, 0.25) is 0 Å². The first kappa shape index (κ1) is 16.2. The third kappa shape index (κ3) is 7.31. The molecule has 1 aromatic rings. The lowest BCUT2D eigenvalue weighted by Crippen LogP contribution is -2.25.